The molecule has 3 aromatic rings. The Hall–Kier alpha value is -2.68. The van der Waals surface area contributed by atoms with Crippen LogP contribution in [0.1, 0.15) is 51.7 Å². The maximum absolute atomic E-state index is 13.3. The van der Waals surface area contributed by atoms with Crippen LogP contribution >= 0.6 is 11.3 Å². The molecule has 38 heavy (non-hydrogen) atoms. The van der Waals surface area contributed by atoms with Gasteiger partial charge in [-0.2, -0.15) is 0 Å². The highest BCUT2D eigenvalue weighted by Crippen LogP contribution is 2.28. The number of hydrogen-bond donors (Lipinski definition) is 4. The maximum atomic E-state index is 13.3. The zero-order chi connectivity index (χ0) is 27.5. The number of carbonyl (C=O) groups excluding carboxylic acids is 1. The number of fused-ring (bicyclic) bond motifs is 1. The summed E-state index contributed by atoms with van der Waals surface area (Å²) >= 11 is 1.13. The summed E-state index contributed by atoms with van der Waals surface area (Å²) in [5.74, 6) is 1.08. The van der Waals surface area contributed by atoms with Crippen molar-refractivity contribution in [2.75, 3.05) is 32.7 Å². The second-order valence-corrected chi connectivity index (χ2v) is 11.6. The number of benzene rings is 2. The third kappa shape index (κ3) is 8.68. The number of hydrogen-bond acceptors (Lipinski definition) is 6. The third-order valence-electron chi connectivity index (χ3n) is 6.96. The van der Waals surface area contributed by atoms with Crippen LogP contribution in [-0.4, -0.2) is 59.7 Å². The van der Waals surface area contributed by atoms with Gasteiger partial charge in [0.25, 0.3) is 0 Å². The summed E-state index contributed by atoms with van der Waals surface area (Å²) in [6, 6.07) is 14.2. The van der Waals surface area contributed by atoms with Crippen LogP contribution < -0.4 is 15.5 Å². The number of thiazole rings is 1. The topological polar surface area (TPSA) is 97.5 Å². The fraction of sp³-hybridized carbons (Fsp3) is 0.533. The standard InChI is InChI=1S/C30H44N4O3S/c1-21(2)28(22(3)4)34(26(36)11-8-16-31-17-14-23-9-6-5-7-10-23)20-19-32-18-15-24-12-13-25(35)27-29(24)38-30(37)33-27/h5-7,9-10,12-13,21-22,28,31-32,35H,8,11,14-20H2,1-4H3,(H,33,37). The lowest BCUT2D eigenvalue weighted by Crippen LogP contribution is -2.49. The van der Waals surface area contributed by atoms with E-state index in [1.54, 1.807) is 6.07 Å². The number of aromatic hydroxyl groups is 1. The van der Waals surface area contributed by atoms with Gasteiger partial charge >= 0.3 is 4.87 Å². The number of rotatable bonds is 16. The number of H-pyrrole nitrogens is 1. The molecule has 1 aromatic heterocycles. The molecule has 0 unspecified atom stereocenters. The predicted molar refractivity (Wildman–Crippen MR) is 158 cm³/mol. The average molecular weight is 541 g/mol. The van der Waals surface area contributed by atoms with Gasteiger partial charge in [0.05, 0.1) is 4.70 Å². The number of nitrogens with one attached hydrogen (secondary N) is 3. The molecular formula is C30H44N4O3S. The lowest BCUT2D eigenvalue weighted by molar-refractivity contribution is -0.135. The summed E-state index contributed by atoms with van der Waals surface area (Å²) in [6.45, 7) is 12.6. The Morgan fingerprint density at radius 3 is 2.34 bits per heavy atom. The minimum Gasteiger partial charge on any atom is -0.506 e. The molecule has 0 aliphatic heterocycles. The minimum atomic E-state index is -0.162. The molecule has 0 aliphatic carbocycles. The normalized spacial score (nSPS) is 11.8. The molecule has 1 amide bonds. The van der Waals surface area contributed by atoms with E-state index in [9.17, 15) is 14.7 Å². The van der Waals surface area contributed by atoms with Crippen LogP contribution in [0.4, 0.5) is 0 Å². The van der Waals surface area contributed by atoms with Gasteiger partial charge in [0.15, 0.2) is 0 Å². The van der Waals surface area contributed by atoms with Crippen molar-refractivity contribution in [3.05, 3.63) is 63.3 Å². The van der Waals surface area contributed by atoms with E-state index in [0.717, 1.165) is 60.5 Å². The van der Waals surface area contributed by atoms with Crippen molar-refractivity contribution in [2.45, 2.75) is 59.4 Å². The van der Waals surface area contributed by atoms with E-state index < -0.39 is 0 Å². The Balaban J connectivity index is 1.46. The lowest BCUT2D eigenvalue weighted by Gasteiger charge is -2.37. The molecule has 8 heteroatoms. The fourth-order valence-electron chi connectivity index (χ4n) is 5.26. The molecule has 0 bridgehead atoms. The summed E-state index contributed by atoms with van der Waals surface area (Å²) in [4.78, 5) is 29.7. The first-order valence-electron chi connectivity index (χ1n) is 13.9. The number of aromatic amines is 1. The molecule has 0 radical (unpaired) electrons. The average Bonchev–Trinajstić information content (AvgIpc) is 3.29. The van der Waals surface area contributed by atoms with Gasteiger partial charge in [-0.15, -0.1) is 0 Å². The Kier molecular flexibility index (Phi) is 11.8. The number of carbonyl (C=O) groups is 1. The summed E-state index contributed by atoms with van der Waals surface area (Å²) in [5, 5.41) is 17.0. The van der Waals surface area contributed by atoms with Crippen molar-refractivity contribution in [3.63, 3.8) is 0 Å². The quantitative estimate of drug-likeness (QED) is 0.200. The van der Waals surface area contributed by atoms with E-state index in [-0.39, 0.29) is 22.6 Å². The van der Waals surface area contributed by atoms with Gasteiger partial charge in [0.2, 0.25) is 5.91 Å². The highest BCUT2D eigenvalue weighted by molar-refractivity contribution is 7.16. The molecular weight excluding hydrogens is 496 g/mol. The molecule has 3 rings (SSSR count). The summed E-state index contributed by atoms with van der Waals surface area (Å²) in [5.41, 5.74) is 2.87. The molecule has 0 saturated carbocycles. The van der Waals surface area contributed by atoms with Crippen molar-refractivity contribution in [1.82, 2.24) is 20.5 Å². The molecule has 208 valence electrons. The summed E-state index contributed by atoms with van der Waals surface area (Å²) in [6.07, 6.45) is 3.11. The Morgan fingerprint density at radius 1 is 0.947 bits per heavy atom. The van der Waals surface area contributed by atoms with Gasteiger partial charge in [-0.05, 0) is 67.9 Å². The number of phenols is 1. The van der Waals surface area contributed by atoms with E-state index in [2.05, 4.69) is 72.5 Å². The third-order valence-corrected chi connectivity index (χ3v) is 7.92. The second-order valence-electron chi connectivity index (χ2n) is 10.6. The first-order valence-corrected chi connectivity index (χ1v) is 14.7. The van der Waals surface area contributed by atoms with Crippen LogP contribution in [0.15, 0.2) is 47.3 Å². The monoisotopic (exact) mass is 540 g/mol. The number of aromatic nitrogens is 1. The Morgan fingerprint density at radius 2 is 1.63 bits per heavy atom. The van der Waals surface area contributed by atoms with Gasteiger partial charge in [-0.1, -0.05) is 75.4 Å². The van der Waals surface area contributed by atoms with Gasteiger partial charge in [-0.25, -0.2) is 0 Å². The molecule has 1 heterocycles. The molecule has 4 N–H and O–H groups in total. The second kappa shape index (κ2) is 15.0. The van der Waals surface area contributed by atoms with E-state index in [4.69, 9.17) is 0 Å². The Labute approximate surface area is 230 Å². The zero-order valence-corrected chi connectivity index (χ0v) is 24.1. The highest BCUT2D eigenvalue weighted by atomic mass is 32.1. The van der Waals surface area contributed by atoms with Crippen LogP contribution in [0.5, 0.6) is 5.75 Å². The van der Waals surface area contributed by atoms with Crippen LogP contribution in [0.25, 0.3) is 10.2 Å². The van der Waals surface area contributed by atoms with Crippen molar-refractivity contribution < 1.29 is 9.90 Å². The van der Waals surface area contributed by atoms with Gasteiger partial charge in [0.1, 0.15) is 11.3 Å². The van der Waals surface area contributed by atoms with E-state index in [1.807, 2.05) is 12.1 Å². The van der Waals surface area contributed by atoms with E-state index >= 15 is 0 Å². The largest absolute Gasteiger partial charge is 0.506 e. The molecule has 2 aromatic carbocycles. The van der Waals surface area contributed by atoms with Gasteiger partial charge < -0.3 is 25.6 Å². The molecule has 0 spiro atoms. The van der Waals surface area contributed by atoms with Crippen molar-refractivity contribution in [3.8, 4) is 5.75 Å². The zero-order valence-electron chi connectivity index (χ0n) is 23.3. The lowest BCUT2D eigenvalue weighted by atomic mass is 9.91. The number of phenolic OH excluding ortho intramolecular Hbond substituents is 1. The first kappa shape index (κ1) is 29.9. The maximum Gasteiger partial charge on any atom is 0.305 e. The number of nitrogens with zero attached hydrogens (tertiary/aromatic N) is 1. The summed E-state index contributed by atoms with van der Waals surface area (Å²) in [7, 11) is 0. The molecule has 0 saturated heterocycles. The van der Waals surface area contributed by atoms with Gasteiger partial charge in [0, 0.05) is 25.6 Å². The van der Waals surface area contributed by atoms with Gasteiger partial charge in [-0.3, -0.25) is 9.59 Å². The molecule has 0 fully saturated rings. The van der Waals surface area contributed by atoms with E-state index in [0.29, 0.717) is 36.9 Å². The SMILES string of the molecule is CC(C)C(C(C)C)N(CCNCCc1ccc(O)c2[nH]c(=O)sc12)C(=O)CCCNCCc1ccccc1. The van der Waals surface area contributed by atoms with E-state index in [1.165, 1.54) is 5.56 Å². The summed E-state index contributed by atoms with van der Waals surface area (Å²) < 4.78 is 0.811. The van der Waals surface area contributed by atoms with Crippen LogP contribution in [0, 0.1) is 11.8 Å². The fourth-order valence-corrected chi connectivity index (χ4v) is 6.16. The first-order chi connectivity index (χ1) is 18.3. The van der Waals surface area contributed by atoms with Crippen molar-refractivity contribution in [2.24, 2.45) is 11.8 Å². The molecule has 0 aliphatic rings. The van der Waals surface area contributed by atoms with Crippen LogP contribution in [-0.2, 0) is 17.6 Å². The molecule has 7 nitrogen and oxygen atoms in total. The van der Waals surface area contributed by atoms with Crippen molar-refractivity contribution in [1.29, 1.82) is 0 Å². The van der Waals surface area contributed by atoms with Crippen molar-refractivity contribution >= 4 is 27.5 Å². The van der Waals surface area contributed by atoms with Crippen LogP contribution in [0.3, 0.4) is 0 Å². The Bertz CT molecular complexity index is 1180. The molecule has 0 atom stereocenters. The minimum absolute atomic E-state index is 0.101. The highest BCUT2D eigenvalue weighted by Gasteiger charge is 2.28. The predicted octanol–water partition coefficient (Wildman–Crippen LogP) is 4.55. The van der Waals surface area contributed by atoms with Crippen LogP contribution in [0.2, 0.25) is 0 Å². The number of amides is 1. The smallest absolute Gasteiger partial charge is 0.305 e.